The Morgan fingerprint density at radius 1 is 1.36 bits per heavy atom. The summed E-state index contributed by atoms with van der Waals surface area (Å²) in [6, 6.07) is 9.35. The monoisotopic (exact) mass is 346 g/mol. The van der Waals surface area contributed by atoms with Gasteiger partial charge >= 0.3 is 5.97 Å². The molecule has 1 aromatic heterocycles. The molecule has 0 bridgehead atoms. The van der Waals surface area contributed by atoms with E-state index >= 15 is 0 Å². The van der Waals surface area contributed by atoms with Crippen molar-refractivity contribution in [1.82, 2.24) is 9.88 Å². The minimum atomic E-state index is -2.14. The summed E-state index contributed by atoms with van der Waals surface area (Å²) >= 11 is 0. The Morgan fingerprint density at radius 3 is 2.88 bits per heavy atom. The van der Waals surface area contributed by atoms with Gasteiger partial charge in [-0.15, -0.1) is 0 Å². The molecule has 0 spiro atoms. The molecule has 1 aliphatic rings. The minimum absolute atomic E-state index is 0.0737. The maximum Gasteiger partial charge on any atom is 0.345 e. The van der Waals surface area contributed by atoms with Gasteiger partial charge in [-0.2, -0.15) is 0 Å². The lowest BCUT2D eigenvalue weighted by Crippen LogP contribution is -2.43. The molecule has 132 valence electrons. The fraction of sp³-hybridized carbons (Fsp3) is 0.389. The van der Waals surface area contributed by atoms with E-state index in [9.17, 15) is 14.0 Å². The predicted octanol–water partition coefficient (Wildman–Crippen LogP) is 2.12. The van der Waals surface area contributed by atoms with Gasteiger partial charge in [-0.3, -0.25) is 9.78 Å². The lowest BCUT2D eigenvalue weighted by molar-refractivity contribution is -0.154. The fourth-order valence-electron chi connectivity index (χ4n) is 2.94. The average Bonchev–Trinajstić information content (AvgIpc) is 3.03. The number of methoxy groups -OCH3 is 1. The highest BCUT2D eigenvalue weighted by molar-refractivity contribution is 5.85. The van der Waals surface area contributed by atoms with Crippen LogP contribution in [0.4, 0.5) is 4.39 Å². The van der Waals surface area contributed by atoms with Crippen LogP contribution in [0, 0.1) is 0 Å². The summed E-state index contributed by atoms with van der Waals surface area (Å²) in [6.45, 7) is 1.42. The van der Waals surface area contributed by atoms with Gasteiger partial charge in [0, 0.05) is 18.4 Å². The number of amides is 1. The van der Waals surface area contributed by atoms with Gasteiger partial charge in [-0.05, 0) is 19.1 Å². The van der Waals surface area contributed by atoms with Crippen LogP contribution in [-0.2, 0) is 14.3 Å². The average molecular weight is 346 g/mol. The molecule has 0 aliphatic carbocycles. The number of carbonyl (C=O) groups excluding carboxylic acids is 2. The summed E-state index contributed by atoms with van der Waals surface area (Å²) in [4.78, 5) is 29.6. The number of fused-ring (bicyclic) bond motifs is 1. The van der Waals surface area contributed by atoms with E-state index in [0.717, 1.165) is 18.0 Å². The molecular weight excluding hydrogens is 327 g/mol. The molecule has 0 saturated carbocycles. The molecule has 0 N–H and O–H groups in total. The van der Waals surface area contributed by atoms with E-state index in [4.69, 9.17) is 4.74 Å². The molecule has 2 aromatic rings. The third-order valence-electron chi connectivity index (χ3n) is 4.31. The molecule has 2 heterocycles. The van der Waals surface area contributed by atoms with Crippen LogP contribution in [0.25, 0.3) is 10.9 Å². The first kappa shape index (κ1) is 17.1. The van der Waals surface area contributed by atoms with Gasteiger partial charge in [-0.1, -0.05) is 18.2 Å². The summed E-state index contributed by atoms with van der Waals surface area (Å²) < 4.78 is 24.6. The minimum Gasteiger partial charge on any atom is -0.479 e. The van der Waals surface area contributed by atoms with E-state index in [-0.39, 0.29) is 25.4 Å². The van der Waals surface area contributed by atoms with Crippen LogP contribution in [0.2, 0.25) is 0 Å². The molecular formula is C18H19FN2O4. The molecule has 25 heavy (non-hydrogen) atoms. The summed E-state index contributed by atoms with van der Waals surface area (Å²) in [5, 5.41) is 0.897. The van der Waals surface area contributed by atoms with Gasteiger partial charge in [0.1, 0.15) is 5.75 Å². The standard InChI is InChI=1S/C18H19FN2O4/c1-12(16(22)21-8-7-18(19,11-21)17(23)24-2)25-14-9-13-5-3-4-6-15(13)20-10-14/h3-6,9-10,12H,7-8,11H2,1-2H3/t12-,18?/m0/s1. The highest BCUT2D eigenvalue weighted by Gasteiger charge is 2.48. The lowest BCUT2D eigenvalue weighted by atomic mass is 10.1. The van der Waals surface area contributed by atoms with Crippen LogP contribution < -0.4 is 4.74 Å². The van der Waals surface area contributed by atoms with Gasteiger partial charge in [-0.25, -0.2) is 9.18 Å². The second-order valence-corrected chi connectivity index (χ2v) is 6.09. The van der Waals surface area contributed by atoms with Crippen molar-refractivity contribution in [2.24, 2.45) is 0 Å². The lowest BCUT2D eigenvalue weighted by Gasteiger charge is -2.22. The number of hydrogen-bond acceptors (Lipinski definition) is 5. The molecule has 0 radical (unpaired) electrons. The molecule has 1 unspecified atom stereocenters. The number of halogens is 1. The number of alkyl halides is 1. The van der Waals surface area contributed by atoms with Crippen molar-refractivity contribution in [2.75, 3.05) is 20.2 Å². The Morgan fingerprint density at radius 2 is 2.12 bits per heavy atom. The molecule has 6 nitrogen and oxygen atoms in total. The molecule has 2 atom stereocenters. The van der Waals surface area contributed by atoms with Crippen molar-refractivity contribution < 1.29 is 23.5 Å². The molecule has 1 aromatic carbocycles. The highest BCUT2D eigenvalue weighted by atomic mass is 19.1. The summed E-state index contributed by atoms with van der Waals surface area (Å²) in [6.07, 6.45) is 0.655. The van der Waals surface area contributed by atoms with E-state index < -0.39 is 17.7 Å². The number of rotatable bonds is 4. The van der Waals surface area contributed by atoms with Crippen molar-refractivity contribution in [3.63, 3.8) is 0 Å². The first-order valence-electron chi connectivity index (χ1n) is 8.00. The number of ether oxygens (including phenoxy) is 2. The number of carbonyl (C=O) groups is 2. The smallest absolute Gasteiger partial charge is 0.345 e. The van der Waals surface area contributed by atoms with Crippen molar-refractivity contribution in [3.8, 4) is 5.75 Å². The Hall–Kier alpha value is -2.70. The molecule has 1 fully saturated rings. The first-order chi connectivity index (χ1) is 11.9. The van der Waals surface area contributed by atoms with Crippen molar-refractivity contribution in [1.29, 1.82) is 0 Å². The van der Waals surface area contributed by atoms with Gasteiger partial charge in [0.05, 0.1) is 25.4 Å². The topological polar surface area (TPSA) is 68.7 Å². The van der Waals surface area contributed by atoms with Crippen LogP contribution in [0.5, 0.6) is 5.75 Å². The Labute approximate surface area is 144 Å². The van der Waals surface area contributed by atoms with Crippen molar-refractivity contribution in [3.05, 3.63) is 36.5 Å². The number of pyridine rings is 1. The van der Waals surface area contributed by atoms with Crippen LogP contribution in [0.15, 0.2) is 36.5 Å². The largest absolute Gasteiger partial charge is 0.479 e. The number of likely N-dealkylation sites (tertiary alicyclic amines) is 1. The second kappa shape index (κ2) is 6.66. The van der Waals surface area contributed by atoms with Crippen molar-refractivity contribution in [2.45, 2.75) is 25.1 Å². The maximum atomic E-state index is 14.5. The first-order valence-corrected chi connectivity index (χ1v) is 8.00. The number of hydrogen-bond donors (Lipinski definition) is 0. The Balaban J connectivity index is 1.67. The van der Waals surface area contributed by atoms with Gasteiger partial charge in [0.15, 0.2) is 6.10 Å². The molecule has 3 rings (SSSR count). The number of esters is 1. The van der Waals surface area contributed by atoms with Crippen molar-refractivity contribution >= 4 is 22.8 Å². The molecule has 1 amide bonds. The zero-order valence-corrected chi connectivity index (χ0v) is 14.1. The SMILES string of the molecule is COC(=O)C1(F)CCN(C(=O)[C@H](C)Oc2cnc3ccccc3c2)C1. The number of benzene rings is 1. The van der Waals surface area contributed by atoms with E-state index in [1.54, 1.807) is 19.2 Å². The van der Waals surface area contributed by atoms with E-state index in [1.807, 2.05) is 24.3 Å². The van der Waals surface area contributed by atoms with Crippen LogP contribution >= 0.6 is 0 Å². The predicted molar refractivity (Wildman–Crippen MR) is 88.9 cm³/mol. The fourth-order valence-corrected chi connectivity index (χ4v) is 2.94. The number of nitrogens with zero attached hydrogens (tertiary/aromatic N) is 2. The van der Waals surface area contributed by atoms with Crippen LogP contribution in [0.3, 0.4) is 0 Å². The quantitative estimate of drug-likeness (QED) is 0.793. The normalized spacial score (nSPS) is 21.2. The number of aromatic nitrogens is 1. The number of para-hydroxylation sites is 1. The zero-order chi connectivity index (χ0) is 18.0. The third kappa shape index (κ3) is 3.40. The molecule has 1 saturated heterocycles. The molecule has 1 aliphatic heterocycles. The Bertz CT molecular complexity index is 813. The second-order valence-electron chi connectivity index (χ2n) is 6.09. The van der Waals surface area contributed by atoms with Gasteiger partial charge in [0.2, 0.25) is 5.67 Å². The van der Waals surface area contributed by atoms with E-state index in [1.165, 1.54) is 4.90 Å². The van der Waals surface area contributed by atoms with Crippen LogP contribution in [-0.4, -0.2) is 53.7 Å². The molecule has 7 heteroatoms. The zero-order valence-electron chi connectivity index (χ0n) is 14.1. The van der Waals surface area contributed by atoms with Gasteiger partial charge in [0.25, 0.3) is 5.91 Å². The van der Waals surface area contributed by atoms with Crippen LogP contribution in [0.1, 0.15) is 13.3 Å². The van der Waals surface area contributed by atoms with E-state index in [2.05, 4.69) is 9.72 Å². The Kier molecular flexibility index (Phi) is 4.57. The van der Waals surface area contributed by atoms with E-state index in [0.29, 0.717) is 5.75 Å². The maximum absolute atomic E-state index is 14.5. The third-order valence-corrected chi connectivity index (χ3v) is 4.31. The summed E-state index contributed by atoms with van der Waals surface area (Å²) in [5.41, 5.74) is -1.32. The summed E-state index contributed by atoms with van der Waals surface area (Å²) in [7, 11) is 1.13. The highest BCUT2D eigenvalue weighted by Crippen LogP contribution is 2.28. The summed E-state index contributed by atoms with van der Waals surface area (Å²) in [5.74, 6) is -0.870. The van der Waals surface area contributed by atoms with Gasteiger partial charge < -0.3 is 14.4 Å².